The van der Waals surface area contributed by atoms with Crippen LogP contribution in [0.5, 0.6) is 0 Å². The first-order valence-corrected chi connectivity index (χ1v) is 11.3. The van der Waals surface area contributed by atoms with Crippen LogP contribution in [0.3, 0.4) is 0 Å². The van der Waals surface area contributed by atoms with E-state index >= 15 is 0 Å². The molecule has 0 aliphatic carbocycles. The van der Waals surface area contributed by atoms with Gasteiger partial charge in [0.25, 0.3) is 0 Å². The van der Waals surface area contributed by atoms with Gasteiger partial charge >= 0.3 is 0 Å². The predicted octanol–water partition coefficient (Wildman–Crippen LogP) is 3.63. The first-order chi connectivity index (χ1) is 12.4. The van der Waals surface area contributed by atoms with Crippen molar-refractivity contribution in [1.29, 1.82) is 0 Å². The number of sulfone groups is 2. The van der Waals surface area contributed by atoms with Crippen molar-refractivity contribution < 1.29 is 16.8 Å². The summed E-state index contributed by atoms with van der Waals surface area (Å²) in [6.07, 6.45) is 0. The lowest BCUT2D eigenvalue weighted by Gasteiger charge is -2.11. The maximum atomic E-state index is 12.6. The number of benzene rings is 3. The summed E-state index contributed by atoms with van der Waals surface area (Å²) in [5.74, 6) is -0.477. The third-order valence-corrected chi connectivity index (χ3v) is 7.38. The molecule has 4 nitrogen and oxygen atoms in total. The highest BCUT2D eigenvalue weighted by atomic mass is 32.2. The zero-order valence-corrected chi connectivity index (χ0v) is 15.6. The molecule has 0 aliphatic rings. The standard InChI is InChI=1S/C20H18O4S2/c21-25(22,19-11-3-1-4-12-19)15-17-9-7-8-10-18(17)16-26(23,24)20-13-5-2-6-14-20/h1-14H,15-16H2. The van der Waals surface area contributed by atoms with Gasteiger partial charge in [0, 0.05) is 0 Å². The average molecular weight is 386 g/mol. The van der Waals surface area contributed by atoms with Gasteiger partial charge < -0.3 is 0 Å². The van der Waals surface area contributed by atoms with E-state index in [0.717, 1.165) is 0 Å². The van der Waals surface area contributed by atoms with Gasteiger partial charge in [0.2, 0.25) is 0 Å². The second-order valence-electron chi connectivity index (χ2n) is 5.91. The van der Waals surface area contributed by atoms with Crippen molar-refractivity contribution in [2.24, 2.45) is 0 Å². The van der Waals surface area contributed by atoms with E-state index in [1.807, 2.05) is 0 Å². The summed E-state index contributed by atoms with van der Waals surface area (Å²) in [5.41, 5.74) is 0.992. The summed E-state index contributed by atoms with van der Waals surface area (Å²) in [4.78, 5) is 0.446. The molecular weight excluding hydrogens is 368 g/mol. The Morgan fingerprint density at radius 2 is 0.769 bits per heavy atom. The molecule has 0 unspecified atom stereocenters. The molecule has 0 bridgehead atoms. The highest BCUT2D eigenvalue weighted by Crippen LogP contribution is 2.23. The molecule has 0 aromatic heterocycles. The Morgan fingerprint density at radius 1 is 0.462 bits per heavy atom. The van der Waals surface area contributed by atoms with Crippen LogP contribution in [0, 0.1) is 0 Å². The molecule has 134 valence electrons. The zero-order valence-electron chi connectivity index (χ0n) is 13.9. The molecule has 3 aromatic carbocycles. The van der Waals surface area contributed by atoms with Crippen LogP contribution >= 0.6 is 0 Å². The van der Waals surface area contributed by atoms with Crippen LogP contribution in [-0.2, 0) is 31.2 Å². The highest BCUT2D eigenvalue weighted by Gasteiger charge is 2.21. The SMILES string of the molecule is O=S(=O)(Cc1ccccc1CS(=O)(=O)c1ccccc1)c1ccccc1. The van der Waals surface area contributed by atoms with E-state index in [2.05, 4.69) is 0 Å². The average Bonchev–Trinajstić information content (AvgIpc) is 2.64. The van der Waals surface area contributed by atoms with Crippen molar-refractivity contribution in [2.75, 3.05) is 0 Å². The van der Waals surface area contributed by atoms with Gasteiger partial charge in [0.05, 0.1) is 21.3 Å². The maximum absolute atomic E-state index is 12.6. The van der Waals surface area contributed by atoms with Crippen molar-refractivity contribution in [3.8, 4) is 0 Å². The largest absolute Gasteiger partial charge is 0.223 e. The van der Waals surface area contributed by atoms with E-state index in [1.54, 1.807) is 84.9 Å². The van der Waals surface area contributed by atoms with E-state index in [-0.39, 0.29) is 21.3 Å². The summed E-state index contributed by atoms with van der Waals surface area (Å²) in [6.45, 7) is 0. The van der Waals surface area contributed by atoms with Crippen LogP contribution in [0.4, 0.5) is 0 Å². The Kier molecular flexibility index (Phi) is 5.25. The lowest BCUT2D eigenvalue weighted by Crippen LogP contribution is -2.10. The van der Waals surface area contributed by atoms with E-state index < -0.39 is 19.7 Å². The van der Waals surface area contributed by atoms with Gasteiger partial charge in [-0.2, -0.15) is 0 Å². The fourth-order valence-electron chi connectivity index (χ4n) is 2.67. The fraction of sp³-hybridized carbons (Fsp3) is 0.100. The molecule has 0 saturated carbocycles. The zero-order chi connectivity index (χ0) is 18.6. The molecular formula is C20H18O4S2. The predicted molar refractivity (Wildman–Crippen MR) is 101 cm³/mol. The number of hydrogen-bond acceptors (Lipinski definition) is 4. The molecule has 3 rings (SSSR count). The summed E-state index contributed by atoms with van der Waals surface area (Å²) < 4.78 is 50.6. The third-order valence-electron chi connectivity index (χ3n) is 4.01. The van der Waals surface area contributed by atoms with Crippen LogP contribution in [0.25, 0.3) is 0 Å². The molecule has 0 spiro atoms. The van der Waals surface area contributed by atoms with Crippen molar-refractivity contribution in [3.63, 3.8) is 0 Å². The molecule has 3 aromatic rings. The molecule has 0 heterocycles. The van der Waals surface area contributed by atoms with Gasteiger partial charge in [0.15, 0.2) is 19.7 Å². The Morgan fingerprint density at radius 3 is 1.12 bits per heavy atom. The summed E-state index contributed by atoms with van der Waals surface area (Å²) in [7, 11) is -7.10. The smallest absolute Gasteiger partial charge is 0.182 e. The second kappa shape index (κ2) is 7.43. The normalized spacial score (nSPS) is 12.0. The number of rotatable bonds is 6. The summed E-state index contributed by atoms with van der Waals surface area (Å²) in [5, 5.41) is 0. The third kappa shape index (κ3) is 4.20. The van der Waals surface area contributed by atoms with Gasteiger partial charge in [-0.05, 0) is 35.4 Å². The van der Waals surface area contributed by atoms with E-state index in [9.17, 15) is 16.8 Å². The maximum Gasteiger partial charge on any atom is 0.182 e. The van der Waals surface area contributed by atoms with Gasteiger partial charge in [-0.1, -0.05) is 60.7 Å². The van der Waals surface area contributed by atoms with Gasteiger partial charge in [0.1, 0.15) is 0 Å². The molecule has 0 aliphatic heterocycles. The Balaban J connectivity index is 1.92. The van der Waals surface area contributed by atoms with Crippen molar-refractivity contribution in [3.05, 3.63) is 96.1 Å². The molecule has 0 radical (unpaired) electrons. The minimum Gasteiger partial charge on any atom is -0.223 e. The van der Waals surface area contributed by atoms with Crippen molar-refractivity contribution in [2.45, 2.75) is 21.3 Å². The van der Waals surface area contributed by atoms with Crippen molar-refractivity contribution >= 4 is 19.7 Å². The van der Waals surface area contributed by atoms with E-state index in [4.69, 9.17) is 0 Å². The Bertz CT molecular complexity index is 998. The minimum absolute atomic E-state index is 0.223. The lowest BCUT2D eigenvalue weighted by atomic mass is 10.1. The molecule has 26 heavy (non-hydrogen) atoms. The van der Waals surface area contributed by atoms with Gasteiger partial charge in [-0.25, -0.2) is 16.8 Å². The number of hydrogen-bond donors (Lipinski definition) is 0. The summed E-state index contributed by atoms with van der Waals surface area (Å²) in [6, 6.07) is 23.1. The second-order valence-corrected chi connectivity index (χ2v) is 9.89. The first-order valence-electron chi connectivity index (χ1n) is 8.01. The van der Waals surface area contributed by atoms with Gasteiger partial charge in [-0.15, -0.1) is 0 Å². The minimum atomic E-state index is -3.55. The van der Waals surface area contributed by atoms with E-state index in [1.165, 1.54) is 0 Å². The molecule has 0 atom stereocenters. The van der Waals surface area contributed by atoms with Crippen LogP contribution in [-0.4, -0.2) is 16.8 Å². The monoisotopic (exact) mass is 386 g/mol. The Labute approximate surface area is 154 Å². The lowest BCUT2D eigenvalue weighted by molar-refractivity contribution is 0.591. The fourth-order valence-corrected chi connectivity index (χ4v) is 5.53. The molecule has 6 heteroatoms. The van der Waals surface area contributed by atoms with Crippen LogP contribution in [0.1, 0.15) is 11.1 Å². The summed E-state index contributed by atoms with van der Waals surface area (Å²) >= 11 is 0. The van der Waals surface area contributed by atoms with Crippen molar-refractivity contribution in [1.82, 2.24) is 0 Å². The topological polar surface area (TPSA) is 68.3 Å². The molecule has 0 fully saturated rings. The van der Waals surface area contributed by atoms with Crippen LogP contribution < -0.4 is 0 Å². The molecule has 0 saturated heterocycles. The van der Waals surface area contributed by atoms with Gasteiger partial charge in [-0.3, -0.25) is 0 Å². The van der Waals surface area contributed by atoms with Crippen LogP contribution in [0.15, 0.2) is 94.7 Å². The Hall–Kier alpha value is -2.44. The first kappa shape index (κ1) is 18.4. The molecule has 0 N–H and O–H groups in total. The molecule has 0 amide bonds. The van der Waals surface area contributed by atoms with Crippen LogP contribution in [0.2, 0.25) is 0 Å². The van der Waals surface area contributed by atoms with E-state index in [0.29, 0.717) is 11.1 Å². The highest BCUT2D eigenvalue weighted by molar-refractivity contribution is 7.91. The quantitative estimate of drug-likeness (QED) is 0.649.